The second kappa shape index (κ2) is 8.26. The topological polar surface area (TPSA) is 84.4 Å². The second-order valence-electron chi connectivity index (χ2n) is 5.45. The van der Waals surface area contributed by atoms with Crippen molar-refractivity contribution in [3.05, 3.63) is 42.1 Å². The third-order valence-electron chi connectivity index (χ3n) is 3.91. The Labute approximate surface area is 149 Å². The molecule has 25 heavy (non-hydrogen) atoms. The first-order valence-corrected chi connectivity index (χ1v) is 9.60. The average molecular weight is 364 g/mol. The zero-order valence-electron chi connectivity index (χ0n) is 14.9. The van der Waals surface area contributed by atoms with Gasteiger partial charge in [-0.25, -0.2) is 13.4 Å². The van der Waals surface area contributed by atoms with Gasteiger partial charge in [0.25, 0.3) is 0 Å². The van der Waals surface area contributed by atoms with Crippen LogP contribution in [0.15, 0.2) is 41.4 Å². The van der Waals surface area contributed by atoms with Gasteiger partial charge in [0.15, 0.2) is 0 Å². The first kappa shape index (κ1) is 19.1. The minimum absolute atomic E-state index is 0.0858. The molecular weight excluding hydrogens is 340 g/mol. The van der Waals surface area contributed by atoms with E-state index in [0.29, 0.717) is 29.8 Å². The lowest BCUT2D eigenvalue weighted by molar-refractivity contribution is 0.397. The molecule has 0 saturated carbocycles. The highest BCUT2D eigenvalue weighted by Gasteiger charge is 2.21. The molecule has 1 atom stereocenters. The Morgan fingerprint density at radius 1 is 1.16 bits per heavy atom. The summed E-state index contributed by atoms with van der Waals surface area (Å²) in [6.07, 6.45) is 1.61. The van der Waals surface area contributed by atoms with Gasteiger partial charge in [0.2, 0.25) is 21.9 Å². The number of hydrogen-bond acceptors (Lipinski definition) is 6. The van der Waals surface area contributed by atoms with Crippen LogP contribution in [0.25, 0.3) is 0 Å². The molecule has 8 heteroatoms. The molecule has 0 fully saturated rings. The van der Waals surface area contributed by atoms with Crippen LogP contribution in [0.5, 0.6) is 5.88 Å². The Balaban J connectivity index is 2.16. The molecule has 1 heterocycles. The molecular formula is C17H24N4O3S. The van der Waals surface area contributed by atoms with Crippen LogP contribution >= 0.6 is 0 Å². The summed E-state index contributed by atoms with van der Waals surface area (Å²) in [5.74, 6) is 0.928. The van der Waals surface area contributed by atoms with E-state index in [4.69, 9.17) is 4.74 Å². The standard InChI is InChI=1S/C17H24N4O3S/c1-5-21(6-2)25(22,23)15-9-7-14(8-10-15)13(3)19-17-18-12-11-16(20-17)24-4/h7-13H,5-6H2,1-4H3,(H,18,19,20)/t13-/m0/s1. The molecule has 7 nitrogen and oxygen atoms in total. The van der Waals surface area contributed by atoms with Gasteiger partial charge >= 0.3 is 0 Å². The van der Waals surface area contributed by atoms with Crippen LogP contribution in [0.2, 0.25) is 0 Å². The smallest absolute Gasteiger partial charge is 0.243 e. The van der Waals surface area contributed by atoms with E-state index < -0.39 is 10.0 Å². The maximum Gasteiger partial charge on any atom is 0.243 e. The first-order valence-electron chi connectivity index (χ1n) is 8.16. The lowest BCUT2D eigenvalue weighted by Gasteiger charge is -2.19. The van der Waals surface area contributed by atoms with Crippen molar-refractivity contribution in [2.75, 3.05) is 25.5 Å². The quantitative estimate of drug-likeness (QED) is 0.775. The third-order valence-corrected chi connectivity index (χ3v) is 5.97. The summed E-state index contributed by atoms with van der Waals surface area (Å²) in [5, 5.41) is 3.17. The second-order valence-corrected chi connectivity index (χ2v) is 7.38. The molecule has 0 aliphatic heterocycles. The van der Waals surface area contributed by atoms with Crippen molar-refractivity contribution in [3.63, 3.8) is 0 Å². The van der Waals surface area contributed by atoms with Crippen LogP contribution in [-0.4, -0.2) is 42.9 Å². The minimum atomic E-state index is -3.44. The van der Waals surface area contributed by atoms with Crippen molar-refractivity contribution in [3.8, 4) is 5.88 Å². The van der Waals surface area contributed by atoms with Crippen LogP contribution in [-0.2, 0) is 10.0 Å². The number of nitrogens with zero attached hydrogens (tertiary/aromatic N) is 3. The Morgan fingerprint density at radius 3 is 2.36 bits per heavy atom. The van der Waals surface area contributed by atoms with Crippen molar-refractivity contribution in [1.82, 2.24) is 14.3 Å². The average Bonchev–Trinajstić information content (AvgIpc) is 2.62. The Kier molecular flexibility index (Phi) is 6.33. The SMILES string of the molecule is CCN(CC)S(=O)(=O)c1ccc([C@H](C)Nc2nccc(OC)n2)cc1. The van der Waals surface area contributed by atoms with Crippen molar-refractivity contribution < 1.29 is 13.2 Å². The summed E-state index contributed by atoms with van der Waals surface area (Å²) in [6, 6.07) is 8.45. The van der Waals surface area contributed by atoms with Crippen LogP contribution in [0.3, 0.4) is 0 Å². The molecule has 0 aliphatic carbocycles. The predicted octanol–water partition coefficient (Wildman–Crippen LogP) is 2.69. The number of anilines is 1. The van der Waals surface area contributed by atoms with Gasteiger partial charge in [-0.3, -0.25) is 0 Å². The predicted molar refractivity (Wildman–Crippen MR) is 97.2 cm³/mol. The van der Waals surface area contributed by atoms with Crippen molar-refractivity contribution in [1.29, 1.82) is 0 Å². The number of sulfonamides is 1. The van der Waals surface area contributed by atoms with Gasteiger partial charge in [-0.2, -0.15) is 9.29 Å². The van der Waals surface area contributed by atoms with E-state index in [0.717, 1.165) is 5.56 Å². The Morgan fingerprint density at radius 2 is 1.80 bits per heavy atom. The highest BCUT2D eigenvalue weighted by Crippen LogP contribution is 2.21. The van der Waals surface area contributed by atoms with E-state index in [9.17, 15) is 8.42 Å². The summed E-state index contributed by atoms with van der Waals surface area (Å²) in [6.45, 7) is 6.51. The summed E-state index contributed by atoms with van der Waals surface area (Å²) < 4.78 is 31.5. The number of methoxy groups -OCH3 is 1. The number of nitrogens with one attached hydrogen (secondary N) is 1. The largest absolute Gasteiger partial charge is 0.481 e. The van der Waals surface area contributed by atoms with Crippen LogP contribution in [0, 0.1) is 0 Å². The minimum Gasteiger partial charge on any atom is -0.481 e. The van der Waals surface area contributed by atoms with Gasteiger partial charge in [-0.1, -0.05) is 26.0 Å². The Hall–Kier alpha value is -2.19. The van der Waals surface area contributed by atoms with Crippen LogP contribution in [0.1, 0.15) is 32.4 Å². The van der Waals surface area contributed by atoms with E-state index in [1.807, 2.05) is 20.8 Å². The summed E-state index contributed by atoms with van der Waals surface area (Å²) in [5.41, 5.74) is 0.935. The molecule has 2 rings (SSSR count). The lowest BCUT2D eigenvalue weighted by Crippen LogP contribution is -2.30. The number of hydrogen-bond donors (Lipinski definition) is 1. The number of aromatic nitrogens is 2. The van der Waals surface area contributed by atoms with Crippen molar-refractivity contribution in [2.45, 2.75) is 31.7 Å². The molecule has 1 aromatic heterocycles. The van der Waals surface area contributed by atoms with Crippen molar-refractivity contribution >= 4 is 16.0 Å². The molecule has 0 unspecified atom stereocenters. The molecule has 1 aromatic carbocycles. The van der Waals surface area contributed by atoms with Gasteiger partial charge in [0, 0.05) is 25.4 Å². The normalized spacial score (nSPS) is 12.8. The highest BCUT2D eigenvalue weighted by atomic mass is 32.2. The fourth-order valence-corrected chi connectivity index (χ4v) is 3.90. The van der Waals surface area contributed by atoms with Crippen LogP contribution < -0.4 is 10.1 Å². The van der Waals surface area contributed by atoms with E-state index in [2.05, 4.69) is 15.3 Å². The van der Waals surface area contributed by atoms with Gasteiger partial charge in [-0.15, -0.1) is 0 Å². The molecule has 1 N–H and O–H groups in total. The molecule has 0 spiro atoms. The molecule has 0 saturated heterocycles. The van der Waals surface area contributed by atoms with Crippen molar-refractivity contribution in [2.24, 2.45) is 0 Å². The molecule has 136 valence electrons. The molecule has 0 radical (unpaired) electrons. The molecule has 0 aliphatic rings. The third kappa shape index (κ3) is 4.46. The van der Waals surface area contributed by atoms with E-state index in [1.54, 1.807) is 43.6 Å². The molecule has 0 bridgehead atoms. The zero-order chi connectivity index (χ0) is 18.4. The van der Waals surface area contributed by atoms with Gasteiger partial charge < -0.3 is 10.1 Å². The lowest BCUT2D eigenvalue weighted by atomic mass is 10.1. The maximum absolute atomic E-state index is 12.5. The fourth-order valence-electron chi connectivity index (χ4n) is 2.44. The number of benzene rings is 1. The maximum atomic E-state index is 12.5. The van der Waals surface area contributed by atoms with E-state index in [-0.39, 0.29) is 6.04 Å². The zero-order valence-corrected chi connectivity index (χ0v) is 15.7. The summed E-state index contributed by atoms with van der Waals surface area (Å²) >= 11 is 0. The first-order chi connectivity index (χ1) is 11.9. The number of ether oxygens (including phenoxy) is 1. The molecule has 2 aromatic rings. The highest BCUT2D eigenvalue weighted by molar-refractivity contribution is 7.89. The van der Waals surface area contributed by atoms with Gasteiger partial charge in [-0.05, 0) is 24.6 Å². The van der Waals surface area contributed by atoms with E-state index in [1.165, 1.54) is 4.31 Å². The number of rotatable bonds is 8. The fraction of sp³-hybridized carbons (Fsp3) is 0.412. The van der Waals surface area contributed by atoms with Gasteiger partial charge in [0.05, 0.1) is 18.0 Å². The molecule has 0 amide bonds. The summed E-state index contributed by atoms with van der Waals surface area (Å²) in [7, 11) is -1.89. The van der Waals surface area contributed by atoms with E-state index >= 15 is 0 Å². The van der Waals surface area contributed by atoms with Gasteiger partial charge in [0.1, 0.15) is 0 Å². The monoisotopic (exact) mass is 364 g/mol. The summed E-state index contributed by atoms with van der Waals surface area (Å²) in [4.78, 5) is 8.66. The van der Waals surface area contributed by atoms with Crippen LogP contribution in [0.4, 0.5) is 5.95 Å². The Bertz CT molecular complexity index is 790.